The lowest BCUT2D eigenvalue weighted by molar-refractivity contribution is 0.0902. The van der Waals surface area contributed by atoms with Crippen LogP contribution in [0.1, 0.15) is 10.4 Å². The van der Waals surface area contributed by atoms with Gasteiger partial charge in [-0.05, 0) is 12.1 Å². The van der Waals surface area contributed by atoms with Crippen LogP contribution in [0, 0.1) is 0 Å². The first-order valence-electron chi connectivity index (χ1n) is 7.39. The van der Waals surface area contributed by atoms with Crippen molar-refractivity contribution in [3.63, 3.8) is 0 Å². The lowest BCUT2D eigenvalue weighted by Gasteiger charge is -2.25. The number of aromatic nitrogens is 2. The molecule has 2 aromatic rings. The number of anilines is 1. The lowest BCUT2D eigenvalue weighted by Crippen LogP contribution is -2.43. The summed E-state index contributed by atoms with van der Waals surface area (Å²) in [7, 11) is -1.53. The Labute approximate surface area is 160 Å². The number of amides is 1. The lowest BCUT2D eigenvalue weighted by atomic mass is 10.2. The summed E-state index contributed by atoms with van der Waals surface area (Å²) in [5.74, 6) is -1.52. The van der Waals surface area contributed by atoms with Crippen LogP contribution >= 0.6 is 11.6 Å². The van der Waals surface area contributed by atoms with Gasteiger partial charge in [-0.2, -0.15) is 9.97 Å². The van der Waals surface area contributed by atoms with E-state index in [0.717, 1.165) is 4.90 Å². The van der Waals surface area contributed by atoms with E-state index in [4.69, 9.17) is 26.2 Å². The molecule has 1 amide bonds. The highest BCUT2D eigenvalue weighted by molar-refractivity contribution is 7.89. The van der Waals surface area contributed by atoms with E-state index in [-0.39, 0.29) is 23.3 Å². The molecule has 1 heterocycles. The van der Waals surface area contributed by atoms with Crippen LogP contribution in [0.2, 0.25) is 0 Å². The first kappa shape index (κ1) is 20.8. The monoisotopic (exact) mass is 416 g/mol. The Bertz CT molecular complexity index is 917. The summed E-state index contributed by atoms with van der Waals surface area (Å²) < 4.78 is 33.7. The van der Waals surface area contributed by atoms with Crippen molar-refractivity contribution in [1.82, 2.24) is 9.97 Å². The summed E-state index contributed by atoms with van der Waals surface area (Å²) in [6.45, 7) is 0. The topological polar surface area (TPSA) is 145 Å². The fourth-order valence-corrected chi connectivity index (χ4v) is 3.03. The third-order valence-electron chi connectivity index (χ3n) is 3.38. The number of carbonyl (C=O) groups is 1. The maximum atomic E-state index is 13.0. The van der Waals surface area contributed by atoms with Crippen LogP contribution in [-0.4, -0.2) is 55.7 Å². The zero-order valence-electron chi connectivity index (χ0n) is 14.4. The Kier molecular flexibility index (Phi) is 6.54. The van der Waals surface area contributed by atoms with Gasteiger partial charge in [-0.3, -0.25) is 4.79 Å². The third kappa shape index (κ3) is 4.63. The maximum absolute atomic E-state index is 13.0. The molecule has 27 heavy (non-hydrogen) atoms. The fraction of sp³-hybridized carbons (Fsp3) is 0.267. The van der Waals surface area contributed by atoms with Gasteiger partial charge < -0.3 is 14.6 Å². The Morgan fingerprint density at radius 2 is 1.81 bits per heavy atom. The van der Waals surface area contributed by atoms with Crippen LogP contribution in [0.3, 0.4) is 0 Å². The van der Waals surface area contributed by atoms with Crippen LogP contribution in [-0.2, 0) is 10.0 Å². The number of nitrogens with zero attached hydrogens (tertiary/aromatic N) is 3. The Balaban J connectivity index is 2.65. The van der Waals surface area contributed by atoms with E-state index >= 15 is 0 Å². The molecular formula is C15H17ClN4O6S. The number of nitrogens with two attached hydrogens (primary N) is 1. The SMILES string of the molecule is COc1cc(OC)nc(N(C(=O)c2ccccc2S(N)(=O)=O)C(O)CCl)n1. The predicted molar refractivity (Wildman–Crippen MR) is 96.5 cm³/mol. The number of methoxy groups -OCH3 is 2. The molecule has 146 valence electrons. The van der Waals surface area contributed by atoms with Gasteiger partial charge in [0, 0.05) is 0 Å². The average Bonchev–Trinajstić information content (AvgIpc) is 2.66. The molecule has 12 heteroatoms. The van der Waals surface area contributed by atoms with Crippen molar-refractivity contribution in [3.05, 3.63) is 35.9 Å². The van der Waals surface area contributed by atoms with Crippen molar-refractivity contribution in [2.24, 2.45) is 5.14 Å². The van der Waals surface area contributed by atoms with E-state index in [1.807, 2.05) is 0 Å². The van der Waals surface area contributed by atoms with Gasteiger partial charge in [-0.1, -0.05) is 12.1 Å². The van der Waals surface area contributed by atoms with Gasteiger partial charge in [0.05, 0.1) is 36.6 Å². The highest BCUT2D eigenvalue weighted by Gasteiger charge is 2.31. The summed E-state index contributed by atoms with van der Waals surface area (Å²) in [4.78, 5) is 21.3. The van der Waals surface area contributed by atoms with Gasteiger partial charge in [0.15, 0.2) is 6.23 Å². The van der Waals surface area contributed by atoms with Gasteiger partial charge in [0.1, 0.15) is 0 Å². The van der Waals surface area contributed by atoms with Crippen LogP contribution in [0.5, 0.6) is 11.8 Å². The Morgan fingerprint density at radius 1 is 1.26 bits per heavy atom. The fourth-order valence-electron chi connectivity index (χ4n) is 2.16. The molecule has 1 aromatic carbocycles. The van der Waals surface area contributed by atoms with Crippen LogP contribution in [0.4, 0.5) is 5.95 Å². The first-order valence-corrected chi connectivity index (χ1v) is 9.47. The second-order valence-corrected chi connectivity index (χ2v) is 6.94. The highest BCUT2D eigenvalue weighted by atomic mass is 35.5. The number of primary sulfonamides is 1. The number of aliphatic hydroxyl groups excluding tert-OH is 1. The van der Waals surface area contributed by atoms with E-state index in [1.165, 1.54) is 44.6 Å². The molecule has 0 saturated carbocycles. The van der Waals surface area contributed by atoms with E-state index in [9.17, 15) is 18.3 Å². The average molecular weight is 417 g/mol. The smallest absolute Gasteiger partial charge is 0.264 e. The minimum Gasteiger partial charge on any atom is -0.481 e. The Hall–Kier alpha value is -2.47. The molecule has 3 N–H and O–H groups in total. The molecule has 2 rings (SSSR count). The second-order valence-electron chi connectivity index (χ2n) is 5.10. The number of halogens is 1. The Morgan fingerprint density at radius 3 is 2.30 bits per heavy atom. The molecule has 0 aliphatic carbocycles. The maximum Gasteiger partial charge on any atom is 0.264 e. The number of hydrogen-bond donors (Lipinski definition) is 2. The first-order chi connectivity index (χ1) is 12.7. The minimum absolute atomic E-state index is 0.0520. The molecule has 1 atom stereocenters. The molecule has 1 unspecified atom stereocenters. The van der Waals surface area contributed by atoms with E-state index in [2.05, 4.69) is 9.97 Å². The molecule has 0 fully saturated rings. The van der Waals surface area contributed by atoms with Crippen LogP contribution < -0.4 is 19.5 Å². The van der Waals surface area contributed by atoms with Crippen molar-refractivity contribution < 1.29 is 27.8 Å². The summed E-state index contributed by atoms with van der Waals surface area (Å²) in [6, 6.07) is 6.62. The number of ether oxygens (including phenoxy) is 2. The molecular weight excluding hydrogens is 400 g/mol. The number of sulfonamides is 1. The molecule has 0 bridgehead atoms. The van der Waals surface area contributed by atoms with Gasteiger partial charge in [-0.15, -0.1) is 11.6 Å². The van der Waals surface area contributed by atoms with E-state index < -0.39 is 32.9 Å². The van der Waals surface area contributed by atoms with Crippen molar-refractivity contribution >= 4 is 33.5 Å². The predicted octanol–water partition coefficient (Wildman–Crippen LogP) is 0.345. The molecule has 10 nitrogen and oxygen atoms in total. The second kappa shape index (κ2) is 8.48. The minimum atomic E-state index is -4.20. The van der Waals surface area contributed by atoms with Crippen molar-refractivity contribution in [2.45, 2.75) is 11.1 Å². The molecule has 0 saturated heterocycles. The number of hydrogen-bond acceptors (Lipinski definition) is 8. The molecule has 0 spiro atoms. The zero-order valence-corrected chi connectivity index (χ0v) is 15.9. The number of rotatable bonds is 7. The van der Waals surface area contributed by atoms with Crippen LogP contribution in [0.25, 0.3) is 0 Å². The number of benzene rings is 1. The number of alkyl halides is 1. The molecule has 0 aliphatic rings. The summed E-state index contributed by atoms with van der Waals surface area (Å²) in [5, 5.41) is 15.4. The summed E-state index contributed by atoms with van der Waals surface area (Å²) >= 11 is 5.70. The summed E-state index contributed by atoms with van der Waals surface area (Å²) in [6.07, 6.45) is -1.57. The van der Waals surface area contributed by atoms with Crippen molar-refractivity contribution in [2.75, 3.05) is 25.0 Å². The standard InChI is InChI=1S/C15H17ClN4O6S/c1-25-11-7-12(26-2)19-15(18-11)20(13(21)8-16)14(22)9-5-3-4-6-10(9)27(17,23)24/h3-7,13,21H,8H2,1-2H3,(H2,17,23,24). The highest BCUT2D eigenvalue weighted by Crippen LogP contribution is 2.25. The third-order valence-corrected chi connectivity index (χ3v) is 4.63. The van der Waals surface area contributed by atoms with E-state index in [1.54, 1.807) is 0 Å². The molecule has 0 radical (unpaired) electrons. The normalized spacial score (nSPS) is 12.3. The summed E-state index contributed by atoms with van der Waals surface area (Å²) in [5.41, 5.74) is -0.283. The van der Waals surface area contributed by atoms with Gasteiger partial charge in [-0.25, -0.2) is 18.5 Å². The van der Waals surface area contributed by atoms with Gasteiger partial charge in [0.2, 0.25) is 27.7 Å². The number of aliphatic hydroxyl groups is 1. The van der Waals surface area contributed by atoms with Crippen molar-refractivity contribution in [1.29, 1.82) is 0 Å². The largest absolute Gasteiger partial charge is 0.481 e. The number of carbonyl (C=O) groups excluding carboxylic acids is 1. The molecule has 0 aliphatic heterocycles. The molecule has 1 aromatic heterocycles. The van der Waals surface area contributed by atoms with Gasteiger partial charge in [0.25, 0.3) is 5.91 Å². The quantitative estimate of drug-likeness (QED) is 0.485. The van der Waals surface area contributed by atoms with Crippen LogP contribution in [0.15, 0.2) is 35.2 Å². The van der Waals surface area contributed by atoms with Crippen molar-refractivity contribution in [3.8, 4) is 11.8 Å². The zero-order chi connectivity index (χ0) is 20.2. The van der Waals surface area contributed by atoms with Gasteiger partial charge >= 0.3 is 0 Å². The van der Waals surface area contributed by atoms with E-state index in [0.29, 0.717) is 0 Å².